The van der Waals surface area contributed by atoms with Gasteiger partial charge in [-0.25, -0.2) is 0 Å². The van der Waals surface area contributed by atoms with E-state index in [1.807, 2.05) is 0 Å². The van der Waals surface area contributed by atoms with Crippen LogP contribution >= 0.6 is 0 Å². The first-order chi connectivity index (χ1) is 11.1. The molecular formula is C16H29N5O2. The van der Waals surface area contributed by atoms with Crippen molar-refractivity contribution in [3.63, 3.8) is 0 Å². The Bertz CT molecular complexity index is 494. The van der Waals surface area contributed by atoms with Crippen molar-refractivity contribution in [1.82, 2.24) is 20.4 Å². The Hall–Kier alpha value is -1.63. The number of rotatable bonds is 7. The first kappa shape index (κ1) is 17.7. The Balaban J connectivity index is 1.86. The summed E-state index contributed by atoms with van der Waals surface area (Å²) in [7, 11) is 2.07. The molecule has 2 rings (SSSR count). The second-order valence-corrected chi connectivity index (χ2v) is 6.30. The van der Waals surface area contributed by atoms with Crippen molar-refractivity contribution in [2.24, 2.45) is 10.9 Å². The van der Waals surface area contributed by atoms with E-state index in [0.717, 1.165) is 44.5 Å². The molecule has 1 atom stereocenters. The number of nitrogens with zero attached hydrogens (tertiary/aromatic N) is 4. The van der Waals surface area contributed by atoms with Gasteiger partial charge in [0.05, 0.1) is 13.2 Å². The minimum absolute atomic E-state index is 0.285. The summed E-state index contributed by atoms with van der Waals surface area (Å²) in [6.07, 6.45) is 1.79. The van der Waals surface area contributed by atoms with Gasteiger partial charge in [0.1, 0.15) is 0 Å². The topological polar surface area (TPSA) is 75.8 Å². The molecule has 1 aliphatic rings. The Morgan fingerprint density at radius 1 is 1.48 bits per heavy atom. The third-order valence-electron chi connectivity index (χ3n) is 3.84. The summed E-state index contributed by atoms with van der Waals surface area (Å²) >= 11 is 0. The highest BCUT2D eigenvalue weighted by molar-refractivity contribution is 5.79. The van der Waals surface area contributed by atoms with E-state index in [9.17, 15) is 0 Å². The van der Waals surface area contributed by atoms with Crippen LogP contribution in [0.2, 0.25) is 0 Å². The molecule has 0 saturated carbocycles. The molecule has 7 nitrogen and oxygen atoms in total. The number of aromatic nitrogens is 2. The summed E-state index contributed by atoms with van der Waals surface area (Å²) in [5.74, 6) is 3.21. The van der Waals surface area contributed by atoms with Gasteiger partial charge in [0, 0.05) is 45.0 Å². The van der Waals surface area contributed by atoms with Crippen LogP contribution in [0.1, 0.15) is 44.8 Å². The summed E-state index contributed by atoms with van der Waals surface area (Å²) in [5.41, 5.74) is 0. The Morgan fingerprint density at radius 2 is 2.30 bits per heavy atom. The van der Waals surface area contributed by atoms with Gasteiger partial charge in [0.2, 0.25) is 5.89 Å². The Morgan fingerprint density at radius 3 is 2.91 bits per heavy atom. The zero-order valence-electron chi connectivity index (χ0n) is 14.7. The molecule has 1 N–H and O–H groups in total. The van der Waals surface area contributed by atoms with Gasteiger partial charge in [-0.1, -0.05) is 19.0 Å². The van der Waals surface area contributed by atoms with Crippen LogP contribution in [0.5, 0.6) is 0 Å². The summed E-state index contributed by atoms with van der Waals surface area (Å²) < 4.78 is 10.7. The van der Waals surface area contributed by atoms with Gasteiger partial charge in [-0.2, -0.15) is 4.98 Å². The zero-order chi connectivity index (χ0) is 16.7. The predicted molar refractivity (Wildman–Crippen MR) is 89.6 cm³/mol. The van der Waals surface area contributed by atoms with Gasteiger partial charge < -0.3 is 19.5 Å². The molecule has 0 aromatic carbocycles. The van der Waals surface area contributed by atoms with Crippen molar-refractivity contribution in [2.45, 2.75) is 39.5 Å². The third-order valence-corrected chi connectivity index (χ3v) is 3.84. The van der Waals surface area contributed by atoms with Gasteiger partial charge in [0.25, 0.3) is 0 Å². The summed E-state index contributed by atoms with van der Waals surface area (Å²) in [6.45, 7) is 10.4. The van der Waals surface area contributed by atoms with E-state index in [1.165, 1.54) is 0 Å². The summed E-state index contributed by atoms with van der Waals surface area (Å²) in [6, 6.07) is 0. The molecule has 1 aliphatic heterocycles. The first-order valence-corrected chi connectivity index (χ1v) is 8.49. The average molecular weight is 323 g/mol. The smallest absolute Gasteiger partial charge is 0.228 e. The molecule has 1 saturated heterocycles. The Labute approximate surface area is 138 Å². The largest absolute Gasteiger partial charge is 0.381 e. The molecule has 1 aromatic heterocycles. The van der Waals surface area contributed by atoms with E-state index in [0.29, 0.717) is 24.8 Å². The standard InChI is InChI=1S/C16H29N5O2/c1-5-17-16(21(4)10-13-7-9-22-11-13)18-8-6-14-19-15(12(2)3)20-23-14/h12-13H,5-11H2,1-4H3,(H,17,18). The lowest BCUT2D eigenvalue weighted by Gasteiger charge is -2.24. The van der Waals surface area contributed by atoms with Gasteiger partial charge in [0.15, 0.2) is 11.8 Å². The van der Waals surface area contributed by atoms with E-state index in [4.69, 9.17) is 9.26 Å². The molecule has 1 aromatic rings. The van der Waals surface area contributed by atoms with Crippen molar-refractivity contribution in [3.8, 4) is 0 Å². The van der Waals surface area contributed by atoms with Crippen LogP contribution in [0, 0.1) is 5.92 Å². The maximum absolute atomic E-state index is 5.44. The third kappa shape index (κ3) is 5.49. The Kier molecular flexibility index (Phi) is 6.83. The van der Waals surface area contributed by atoms with Crippen LogP contribution in [0.25, 0.3) is 0 Å². The monoisotopic (exact) mass is 323 g/mol. The second-order valence-electron chi connectivity index (χ2n) is 6.30. The summed E-state index contributed by atoms with van der Waals surface area (Å²) in [4.78, 5) is 11.2. The molecule has 0 bridgehead atoms. The number of aliphatic imine (C=N–C) groups is 1. The zero-order valence-corrected chi connectivity index (χ0v) is 14.7. The lowest BCUT2D eigenvalue weighted by Crippen LogP contribution is -2.41. The minimum atomic E-state index is 0.285. The minimum Gasteiger partial charge on any atom is -0.381 e. The SMILES string of the molecule is CCNC(=NCCc1nc(C(C)C)no1)N(C)CC1CCOC1. The van der Waals surface area contributed by atoms with Crippen LogP contribution in [0.15, 0.2) is 9.52 Å². The average Bonchev–Trinajstić information content (AvgIpc) is 3.17. The van der Waals surface area contributed by atoms with Gasteiger partial charge in [-0.05, 0) is 13.3 Å². The fraction of sp³-hybridized carbons (Fsp3) is 0.812. The van der Waals surface area contributed by atoms with Crippen molar-refractivity contribution >= 4 is 5.96 Å². The molecule has 0 radical (unpaired) electrons. The maximum Gasteiger partial charge on any atom is 0.228 e. The molecule has 2 heterocycles. The van der Waals surface area contributed by atoms with E-state index >= 15 is 0 Å². The number of nitrogens with one attached hydrogen (secondary N) is 1. The molecule has 0 amide bonds. The van der Waals surface area contributed by atoms with Crippen molar-refractivity contribution in [1.29, 1.82) is 0 Å². The van der Waals surface area contributed by atoms with E-state index < -0.39 is 0 Å². The van der Waals surface area contributed by atoms with Crippen LogP contribution < -0.4 is 5.32 Å². The summed E-state index contributed by atoms with van der Waals surface area (Å²) in [5, 5.41) is 7.31. The fourth-order valence-corrected chi connectivity index (χ4v) is 2.53. The second kappa shape index (κ2) is 8.86. The molecule has 7 heteroatoms. The van der Waals surface area contributed by atoms with E-state index in [-0.39, 0.29) is 5.92 Å². The molecule has 130 valence electrons. The number of hydrogen-bond donors (Lipinski definition) is 1. The van der Waals surface area contributed by atoms with Crippen molar-refractivity contribution in [2.75, 3.05) is 39.9 Å². The van der Waals surface area contributed by atoms with Crippen LogP contribution in [0.4, 0.5) is 0 Å². The number of ether oxygens (including phenoxy) is 1. The van der Waals surface area contributed by atoms with E-state index in [2.05, 4.69) is 53.2 Å². The molecule has 23 heavy (non-hydrogen) atoms. The normalized spacial score (nSPS) is 18.7. The van der Waals surface area contributed by atoms with Crippen LogP contribution in [-0.2, 0) is 11.2 Å². The van der Waals surface area contributed by atoms with Crippen LogP contribution in [0.3, 0.4) is 0 Å². The lowest BCUT2D eigenvalue weighted by molar-refractivity contribution is 0.181. The van der Waals surface area contributed by atoms with Crippen molar-refractivity contribution in [3.05, 3.63) is 11.7 Å². The highest BCUT2D eigenvalue weighted by atomic mass is 16.5. The molecule has 1 unspecified atom stereocenters. The molecular weight excluding hydrogens is 294 g/mol. The molecule has 0 spiro atoms. The number of hydrogen-bond acceptors (Lipinski definition) is 5. The molecule has 0 aliphatic carbocycles. The highest BCUT2D eigenvalue weighted by Gasteiger charge is 2.19. The quantitative estimate of drug-likeness (QED) is 0.608. The number of guanidine groups is 1. The predicted octanol–water partition coefficient (Wildman–Crippen LogP) is 1.67. The molecule has 1 fully saturated rings. The van der Waals surface area contributed by atoms with Crippen molar-refractivity contribution < 1.29 is 9.26 Å². The van der Waals surface area contributed by atoms with Gasteiger partial charge >= 0.3 is 0 Å². The van der Waals surface area contributed by atoms with Gasteiger partial charge in [-0.3, -0.25) is 4.99 Å². The highest BCUT2D eigenvalue weighted by Crippen LogP contribution is 2.13. The first-order valence-electron chi connectivity index (χ1n) is 8.49. The van der Waals surface area contributed by atoms with Gasteiger partial charge in [-0.15, -0.1) is 0 Å². The van der Waals surface area contributed by atoms with E-state index in [1.54, 1.807) is 0 Å². The van der Waals surface area contributed by atoms with Crippen LogP contribution in [-0.4, -0.2) is 60.9 Å². The maximum atomic E-state index is 5.44. The lowest BCUT2D eigenvalue weighted by atomic mass is 10.1. The fourth-order valence-electron chi connectivity index (χ4n) is 2.53.